The van der Waals surface area contributed by atoms with Crippen LogP contribution < -0.4 is 10.6 Å². The fourth-order valence-electron chi connectivity index (χ4n) is 2.46. The van der Waals surface area contributed by atoms with Gasteiger partial charge in [0.1, 0.15) is 0 Å². The van der Waals surface area contributed by atoms with Crippen LogP contribution in [0, 0.1) is 0 Å². The maximum atomic E-state index is 12.1. The monoisotopic (exact) mass is 421 g/mol. The second-order valence-electron chi connectivity index (χ2n) is 5.52. The number of amides is 1. The number of rotatable bonds is 5. The Morgan fingerprint density at radius 3 is 3.04 bits per heavy atom. The van der Waals surface area contributed by atoms with Crippen LogP contribution in [0.3, 0.4) is 0 Å². The zero-order chi connectivity index (χ0) is 16.9. The van der Waals surface area contributed by atoms with Gasteiger partial charge in [-0.1, -0.05) is 23.2 Å². The molecule has 1 aliphatic heterocycles. The van der Waals surface area contributed by atoms with Crippen LogP contribution in [0.2, 0.25) is 10.0 Å². The Balaban J connectivity index is 0.00000225. The highest BCUT2D eigenvalue weighted by atomic mass is 35.5. The van der Waals surface area contributed by atoms with Gasteiger partial charge in [0.05, 0.1) is 13.2 Å². The molecule has 0 bridgehead atoms. The molecule has 0 aliphatic carbocycles. The number of carbonyl (C=O) groups excluding carboxylic acids is 1. The van der Waals surface area contributed by atoms with Crippen molar-refractivity contribution >= 4 is 58.0 Å². The van der Waals surface area contributed by atoms with Gasteiger partial charge in [-0.25, -0.2) is 4.98 Å². The summed E-state index contributed by atoms with van der Waals surface area (Å²) in [6.45, 7) is 2.03. The van der Waals surface area contributed by atoms with Gasteiger partial charge < -0.3 is 15.4 Å². The van der Waals surface area contributed by atoms with E-state index in [1.54, 1.807) is 18.3 Å². The number of nitrogens with zero attached hydrogens (tertiary/aromatic N) is 1. The largest absolute Gasteiger partial charge is 0.378 e. The first kappa shape index (κ1) is 20.4. The number of morpholine rings is 1. The first-order valence-corrected chi connectivity index (χ1v) is 9.17. The van der Waals surface area contributed by atoms with Crippen molar-refractivity contribution in [3.05, 3.63) is 44.9 Å². The molecule has 2 heterocycles. The quantitative estimate of drug-likeness (QED) is 0.770. The molecule has 5 nitrogen and oxygen atoms in total. The smallest absolute Gasteiger partial charge is 0.227 e. The molecule has 136 valence electrons. The molecule has 3 rings (SSSR count). The van der Waals surface area contributed by atoms with Crippen molar-refractivity contribution in [1.82, 2.24) is 10.3 Å². The molecule has 0 radical (unpaired) electrons. The molecule has 0 spiro atoms. The zero-order valence-electron chi connectivity index (χ0n) is 13.3. The number of hydrogen-bond donors (Lipinski definition) is 2. The molecule has 1 amide bonds. The summed E-state index contributed by atoms with van der Waals surface area (Å²) in [5.74, 6) is -0.0697. The lowest BCUT2D eigenvalue weighted by Gasteiger charge is -2.22. The summed E-state index contributed by atoms with van der Waals surface area (Å²) < 4.78 is 5.35. The van der Waals surface area contributed by atoms with Gasteiger partial charge in [-0.05, 0) is 23.8 Å². The molecule has 1 aromatic heterocycles. The molecule has 25 heavy (non-hydrogen) atoms. The third kappa shape index (κ3) is 6.09. The second-order valence-corrected chi connectivity index (χ2v) is 7.48. The molecular formula is C16H18Cl3N3O2S. The first-order valence-electron chi connectivity index (χ1n) is 7.60. The molecule has 2 N–H and O–H groups in total. The molecular weight excluding hydrogens is 405 g/mol. The number of nitrogens with one attached hydrogen (secondary N) is 2. The van der Waals surface area contributed by atoms with Gasteiger partial charge in [-0.2, -0.15) is 0 Å². The van der Waals surface area contributed by atoms with Gasteiger partial charge in [0, 0.05) is 46.5 Å². The SMILES string of the molecule is Cl.O=C(CC1COCCN1)Nc1ncc(Cc2cc(Cl)ccc2Cl)s1. The van der Waals surface area contributed by atoms with Gasteiger partial charge in [-0.3, -0.25) is 4.79 Å². The summed E-state index contributed by atoms with van der Waals surface area (Å²) in [7, 11) is 0. The number of carbonyl (C=O) groups is 1. The van der Waals surface area contributed by atoms with Gasteiger partial charge in [0.25, 0.3) is 0 Å². The molecule has 1 aliphatic rings. The third-order valence-electron chi connectivity index (χ3n) is 3.60. The summed E-state index contributed by atoms with van der Waals surface area (Å²) in [5, 5.41) is 7.99. The fourth-order valence-corrected chi connectivity index (χ4v) is 3.69. The van der Waals surface area contributed by atoms with E-state index in [9.17, 15) is 4.79 Å². The lowest BCUT2D eigenvalue weighted by molar-refractivity contribution is -0.117. The van der Waals surface area contributed by atoms with Crippen LogP contribution in [0.15, 0.2) is 24.4 Å². The average molecular weight is 423 g/mol. The molecule has 0 saturated carbocycles. The molecule has 1 aromatic carbocycles. The lowest BCUT2D eigenvalue weighted by atomic mass is 10.1. The van der Waals surface area contributed by atoms with Crippen LogP contribution in [-0.4, -0.2) is 36.7 Å². The van der Waals surface area contributed by atoms with E-state index in [-0.39, 0.29) is 24.4 Å². The Morgan fingerprint density at radius 2 is 2.28 bits per heavy atom. The van der Waals surface area contributed by atoms with Gasteiger partial charge in [-0.15, -0.1) is 23.7 Å². The van der Waals surface area contributed by atoms with E-state index in [1.807, 2.05) is 6.07 Å². The van der Waals surface area contributed by atoms with Crippen LogP contribution in [0.5, 0.6) is 0 Å². The number of halogens is 3. The van der Waals surface area contributed by atoms with Crippen LogP contribution >= 0.6 is 46.9 Å². The van der Waals surface area contributed by atoms with Crippen molar-refractivity contribution in [3.8, 4) is 0 Å². The highest BCUT2D eigenvalue weighted by Gasteiger charge is 2.17. The predicted molar refractivity (Wildman–Crippen MR) is 104 cm³/mol. The number of ether oxygens (including phenoxy) is 1. The van der Waals surface area contributed by atoms with Gasteiger partial charge >= 0.3 is 0 Å². The van der Waals surface area contributed by atoms with Crippen molar-refractivity contribution < 1.29 is 9.53 Å². The van der Waals surface area contributed by atoms with Crippen LogP contribution in [-0.2, 0) is 16.0 Å². The minimum atomic E-state index is -0.0697. The van der Waals surface area contributed by atoms with E-state index < -0.39 is 0 Å². The number of thiazole rings is 1. The predicted octanol–water partition coefficient (Wildman–Crippen LogP) is 3.78. The van der Waals surface area contributed by atoms with Gasteiger partial charge in [0.2, 0.25) is 5.91 Å². The van der Waals surface area contributed by atoms with E-state index >= 15 is 0 Å². The molecule has 1 unspecified atom stereocenters. The van der Waals surface area contributed by atoms with E-state index in [2.05, 4.69) is 15.6 Å². The third-order valence-corrected chi connectivity index (χ3v) is 5.12. The highest BCUT2D eigenvalue weighted by molar-refractivity contribution is 7.15. The van der Waals surface area contributed by atoms with Crippen molar-refractivity contribution in [2.24, 2.45) is 0 Å². The molecule has 9 heteroatoms. The summed E-state index contributed by atoms with van der Waals surface area (Å²) in [4.78, 5) is 17.3. The normalized spacial score (nSPS) is 17.0. The number of anilines is 1. The highest BCUT2D eigenvalue weighted by Crippen LogP contribution is 2.27. The maximum Gasteiger partial charge on any atom is 0.227 e. The molecule has 2 aromatic rings. The van der Waals surface area contributed by atoms with Crippen LogP contribution in [0.25, 0.3) is 0 Å². The maximum absolute atomic E-state index is 12.1. The Kier molecular flexibility index (Phi) is 7.93. The van der Waals surface area contributed by atoms with E-state index in [0.29, 0.717) is 41.2 Å². The van der Waals surface area contributed by atoms with Crippen LogP contribution in [0.4, 0.5) is 5.13 Å². The van der Waals surface area contributed by atoms with Gasteiger partial charge in [0.15, 0.2) is 5.13 Å². The topological polar surface area (TPSA) is 63.2 Å². The fraction of sp³-hybridized carbons (Fsp3) is 0.375. The average Bonchev–Trinajstić information content (AvgIpc) is 2.99. The molecule has 1 atom stereocenters. The minimum Gasteiger partial charge on any atom is -0.378 e. The summed E-state index contributed by atoms with van der Waals surface area (Å²) in [6.07, 6.45) is 2.75. The Hall–Kier alpha value is -0.890. The van der Waals surface area contributed by atoms with Crippen molar-refractivity contribution in [1.29, 1.82) is 0 Å². The van der Waals surface area contributed by atoms with E-state index in [0.717, 1.165) is 17.0 Å². The summed E-state index contributed by atoms with van der Waals surface area (Å²) >= 11 is 13.6. The van der Waals surface area contributed by atoms with E-state index in [1.165, 1.54) is 11.3 Å². The Labute approximate surface area is 166 Å². The summed E-state index contributed by atoms with van der Waals surface area (Å²) in [5.41, 5.74) is 0.939. The zero-order valence-corrected chi connectivity index (χ0v) is 16.4. The molecule has 1 fully saturated rings. The van der Waals surface area contributed by atoms with Crippen molar-refractivity contribution in [2.45, 2.75) is 18.9 Å². The first-order chi connectivity index (χ1) is 11.6. The number of hydrogen-bond acceptors (Lipinski definition) is 5. The number of aromatic nitrogens is 1. The summed E-state index contributed by atoms with van der Waals surface area (Å²) in [6, 6.07) is 5.44. The Bertz CT molecular complexity index is 720. The van der Waals surface area contributed by atoms with Crippen molar-refractivity contribution in [2.75, 3.05) is 25.1 Å². The van der Waals surface area contributed by atoms with Crippen LogP contribution in [0.1, 0.15) is 16.9 Å². The second kappa shape index (κ2) is 9.71. The number of benzene rings is 1. The molecule has 1 saturated heterocycles. The van der Waals surface area contributed by atoms with Crippen molar-refractivity contribution in [3.63, 3.8) is 0 Å². The minimum absolute atomic E-state index is 0. The Morgan fingerprint density at radius 1 is 1.44 bits per heavy atom. The lowest BCUT2D eigenvalue weighted by Crippen LogP contribution is -2.43. The standard InChI is InChI=1S/C16H17Cl2N3O2S.ClH/c17-11-1-2-14(18)10(5-11)6-13-8-20-16(24-13)21-15(22)7-12-9-23-4-3-19-12;/h1-2,5,8,12,19H,3-4,6-7,9H2,(H,20,21,22);1H. The van der Waals surface area contributed by atoms with E-state index in [4.69, 9.17) is 27.9 Å².